The first kappa shape index (κ1) is 15.1. The van der Waals surface area contributed by atoms with Gasteiger partial charge >= 0.3 is 0 Å². The maximum atomic E-state index is 13.2. The zero-order valence-corrected chi connectivity index (χ0v) is 12.0. The Bertz CT molecular complexity index is 679. The van der Waals surface area contributed by atoms with Crippen molar-refractivity contribution in [2.45, 2.75) is 10.6 Å². The summed E-state index contributed by atoms with van der Waals surface area (Å²) in [4.78, 5) is 10.9. The zero-order chi connectivity index (χ0) is 15.4. The maximum absolute atomic E-state index is 13.2. The fourth-order valence-electron chi connectivity index (χ4n) is 1.78. The van der Waals surface area contributed by atoms with Crippen LogP contribution in [0.1, 0.15) is 5.56 Å². The summed E-state index contributed by atoms with van der Waals surface area (Å²) in [5.41, 5.74) is 6.88. The molecule has 0 spiro atoms. The topological polar surface area (TPSA) is 78.4 Å². The van der Waals surface area contributed by atoms with E-state index in [1.165, 1.54) is 49.2 Å². The van der Waals surface area contributed by atoms with Gasteiger partial charge in [0.15, 0.2) is 0 Å². The summed E-state index contributed by atoms with van der Waals surface area (Å²) in [5, 5.41) is 10.8. The molecule has 0 aromatic heterocycles. The summed E-state index contributed by atoms with van der Waals surface area (Å²) in [6.45, 7) is 0. The fourth-order valence-corrected chi connectivity index (χ4v) is 2.75. The van der Waals surface area contributed by atoms with Crippen molar-refractivity contribution in [1.29, 1.82) is 0 Å². The van der Waals surface area contributed by atoms with Crippen molar-refractivity contribution >= 4 is 23.1 Å². The molecule has 2 N–H and O–H groups in total. The number of halogens is 1. The van der Waals surface area contributed by atoms with E-state index in [0.29, 0.717) is 27.6 Å². The lowest BCUT2D eigenvalue weighted by Gasteiger charge is -2.09. The highest BCUT2D eigenvalue weighted by atomic mass is 32.2. The van der Waals surface area contributed by atoms with Gasteiger partial charge in [0.2, 0.25) is 0 Å². The van der Waals surface area contributed by atoms with Crippen LogP contribution in [-0.2, 0) is 5.75 Å². The highest BCUT2D eigenvalue weighted by molar-refractivity contribution is 7.98. The number of ether oxygens (including phenoxy) is 1. The molecule has 0 aliphatic heterocycles. The van der Waals surface area contributed by atoms with E-state index in [9.17, 15) is 14.5 Å². The Labute approximate surface area is 125 Å². The van der Waals surface area contributed by atoms with Gasteiger partial charge in [0.05, 0.1) is 12.0 Å². The van der Waals surface area contributed by atoms with Crippen molar-refractivity contribution in [3.63, 3.8) is 0 Å². The summed E-state index contributed by atoms with van der Waals surface area (Å²) in [6.07, 6.45) is 0. The number of hydrogen-bond acceptors (Lipinski definition) is 5. The number of non-ortho nitro benzene ring substituents is 1. The number of nitro groups is 1. The second-order valence-electron chi connectivity index (χ2n) is 4.22. The van der Waals surface area contributed by atoms with Crippen LogP contribution in [-0.4, -0.2) is 12.0 Å². The van der Waals surface area contributed by atoms with E-state index in [1.807, 2.05) is 0 Å². The summed E-state index contributed by atoms with van der Waals surface area (Å²) in [6, 6.07) is 8.48. The number of methoxy groups -OCH3 is 1. The van der Waals surface area contributed by atoms with Crippen LogP contribution in [0.25, 0.3) is 0 Å². The number of hydrogen-bond donors (Lipinski definition) is 1. The molecule has 2 aromatic rings. The van der Waals surface area contributed by atoms with Gasteiger partial charge in [0.25, 0.3) is 5.69 Å². The molecule has 0 saturated carbocycles. The van der Waals surface area contributed by atoms with Crippen molar-refractivity contribution in [2.75, 3.05) is 12.8 Å². The van der Waals surface area contributed by atoms with Crippen molar-refractivity contribution in [2.24, 2.45) is 0 Å². The summed E-state index contributed by atoms with van der Waals surface area (Å²) < 4.78 is 18.4. The average Bonchev–Trinajstić information content (AvgIpc) is 2.47. The summed E-state index contributed by atoms with van der Waals surface area (Å²) in [7, 11) is 1.49. The van der Waals surface area contributed by atoms with Crippen LogP contribution in [0.4, 0.5) is 15.8 Å². The van der Waals surface area contributed by atoms with Crippen LogP contribution in [0.2, 0.25) is 0 Å². The van der Waals surface area contributed by atoms with Crippen LogP contribution >= 0.6 is 11.8 Å². The molecule has 0 unspecified atom stereocenters. The second-order valence-corrected chi connectivity index (χ2v) is 5.24. The molecular formula is C14H13FN2O3S. The number of nitrogen functional groups attached to an aromatic ring is 1. The van der Waals surface area contributed by atoms with Crippen LogP contribution in [0.15, 0.2) is 41.3 Å². The van der Waals surface area contributed by atoms with E-state index in [-0.39, 0.29) is 11.5 Å². The Hall–Kier alpha value is -2.28. The largest absolute Gasteiger partial charge is 0.496 e. The number of nitro benzene ring substituents is 1. The van der Waals surface area contributed by atoms with Gasteiger partial charge in [-0.1, -0.05) is 0 Å². The maximum Gasteiger partial charge on any atom is 0.270 e. The lowest BCUT2D eigenvalue weighted by atomic mass is 10.2. The van der Waals surface area contributed by atoms with Crippen LogP contribution in [0.5, 0.6) is 5.75 Å². The Morgan fingerprint density at radius 3 is 2.76 bits per heavy atom. The number of nitrogens with two attached hydrogens (primary N) is 1. The van der Waals surface area contributed by atoms with Gasteiger partial charge in [-0.25, -0.2) is 4.39 Å². The third kappa shape index (κ3) is 3.63. The van der Waals surface area contributed by atoms with E-state index in [4.69, 9.17) is 10.5 Å². The molecule has 0 fully saturated rings. The molecule has 21 heavy (non-hydrogen) atoms. The molecule has 0 aliphatic carbocycles. The molecule has 0 radical (unpaired) electrons. The van der Waals surface area contributed by atoms with Crippen LogP contribution in [0, 0.1) is 15.9 Å². The summed E-state index contributed by atoms with van der Waals surface area (Å²) in [5.74, 6) is 0.555. The number of benzene rings is 2. The van der Waals surface area contributed by atoms with Crippen LogP contribution in [0.3, 0.4) is 0 Å². The standard InChI is InChI=1S/C14H13FN2O3S/c1-20-13-5-3-11(17(18)19)6-9(13)8-21-14-7-10(15)2-4-12(14)16/h2-7H,8,16H2,1H3. The number of nitrogens with zero attached hydrogens (tertiary/aromatic N) is 1. The molecule has 5 nitrogen and oxygen atoms in total. The van der Waals surface area contributed by atoms with Gasteiger partial charge in [-0.2, -0.15) is 0 Å². The predicted molar refractivity (Wildman–Crippen MR) is 80.0 cm³/mol. The first-order chi connectivity index (χ1) is 10.0. The van der Waals surface area contributed by atoms with E-state index in [1.54, 1.807) is 6.07 Å². The molecule has 0 bridgehead atoms. The molecular weight excluding hydrogens is 295 g/mol. The Morgan fingerprint density at radius 1 is 1.33 bits per heavy atom. The number of anilines is 1. The van der Waals surface area contributed by atoms with Crippen molar-refractivity contribution in [1.82, 2.24) is 0 Å². The van der Waals surface area contributed by atoms with Gasteiger partial charge in [-0.05, 0) is 24.3 Å². The Morgan fingerprint density at radius 2 is 2.10 bits per heavy atom. The quantitative estimate of drug-likeness (QED) is 0.395. The third-order valence-electron chi connectivity index (χ3n) is 2.83. The van der Waals surface area contributed by atoms with Crippen molar-refractivity contribution < 1.29 is 14.1 Å². The molecule has 110 valence electrons. The number of thioether (sulfide) groups is 1. The molecule has 7 heteroatoms. The minimum Gasteiger partial charge on any atom is -0.496 e. The highest BCUT2D eigenvalue weighted by Gasteiger charge is 2.12. The molecule has 2 rings (SSSR count). The van der Waals surface area contributed by atoms with Gasteiger partial charge in [0, 0.05) is 34.0 Å². The lowest BCUT2D eigenvalue weighted by Crippen LogP contribution is -1.95. The molecule has 0 heterocycles. The van der Waals surface area contributed by atoms with E-state index in [0.717, 1.165) is 0 Å². The average molecular weight is 308 g/mol. The lowest BCUT2D eigenvalue weighted by molar-refractivity contribution is -0.384. The van der Waals surface area contributed by atoms with Crippen molar-refractivity contribution in [3.8, 4) is 5.75 Å². The summed E-state index contributed by atoms with van der Waals surface area (Å²) >= 11 is 1.30. The molecule has 0 saturated heterocycles. The Kier molecular flexibility index (Phi) is 4.64. The minimum absolute atomic E-state index is 0.0152. The Balaban J connectivity index is 2.24. The van der Waals surface area contributed by atoms with Gasteiger partial charge in [-0.15, -0.1) is 11.8 Å². The number of rotatable bonds is 5. The highest BCUT2D eigenvalue weighted by Crippen LogP contribution is 2.33. The third-order valence-corrected chi connectivity index (χ3v) is 3.95. The first-order valence-corrected chi connectivity index (χ1v) is 6.99. The fraction of sp³-hybridized carbons (Fsp3) is 0.143. The predicted octanol–water partition coefficient (Wildman–Crippen LogP) is 3.62. The SMILES string of the molecule is COc1ccc([N+](=O)[O-])cc1CSc1cc(F)ccc1N. The van der Waals surface area contributed by atoms with Crippen LogP contribution < -0.4 is 10.5 Å². The first-order valence-electron chi connectivity index (χ1n) is 6.00. The van der Waals surface area contributed by atoms with E-state index >= 15 is 0 Å². The molecule has 0 aliphatic rings. The van der Waals surface area contributed by atoms with Gasteiger partial charge < -0.3 is 10.5 Å². The normalized spacial score (nSPS) is 10.4. The molecule has 2 aromatic carbocycles. The van der Waals surface area contributed by atoms with Gasteiger partial charge in [0.1, 0.15) is 11.6 Å². The van der Waals surface area contributed by atoms with Crippen molar-refractivity contribution in [3.05, 3.63) is 57.9 Å². The zero-order valence-electron chi connectivity index (χ0n) is 11.2. The van der Waals surface area contributed by atoms with E-state index < -0.39 is 4.92 Å². The minimum atomic E-state index is -0.468. The van der Waals surface area contributed by atoms with Gasteiger partial charge in [-0.3, -0.25) is 10.1 Å². The monoisotopic (exact) mass is 308 g/mol. The second kappa shape index (κ2) is 6.45. The van der Waals surface area contributed by atoms with E-state index in [2.05, 4.69) is 0 Å². The smallest absolute Gasteiger partial charge is 0.270 e. The molecule has 0 atom stereocenters. The molecule has 0 amide bonds.